The molecule has 3 heteroatoms. The van der Waals surface area contributed by atoms with E-state index in [-0.39, 0.29) is 0 Å². The van der Waals surface area contributed by atoms with Crippen LogP contribution >= 0.6 is 0 Å². The SMILES string of the molecule is CCCNCc1ccc(OC)c(C#N)c1. The van der Waals surface area contributed by atoms with E-state index in [2.05, 4.69) is 18.3 Å². The number of hydrogen-bond acceptors (Lipinski definition) is 3. The molecule has 0 saturated carbocycles. The molecule has 1 rings (SSSR count). The molecule has 0 radical (unpaired) electrons. The lowest BCUT2D eigenvalue weighted by atomic mass is 10.1. The van der Waals surface area contributed by atoms with Gasteiger partial charge in [-0.2, -0.15) is 5.26 Å². The van der Waals surface area contributed by atoms with Gasteiger partial charge in [0.25, 0.3) is 0 Å². The van der Waals surface area contributed by atoms with Gasteiger partial charge in [0.15, 0.2) is 0 Å². The molecule has 3 nitrogen and oxygen atoms in total. The Morgan fingerprint density at radius 1 is 1.47 bits per heavy atom. The highest BCUT2D eigenvalue weighted by atomic mass is 16.5. The van der Waals surface area contributed by atoms with Gasteiger partial charge in [-0.25, -0.2) is 0 Å². The van der Waals surface area contributed by atoms with Crippen molar-refractivity contribution >= 4 is 0 Å². The Labute approximate surface area is 90.7 Å². The van der Waals surface area contributed by atoms with Crippen LogP contribution in [0, 0.1) is 11.3 Å². The second kappa shape index (κ2) is 6.05. The third-order valence-electron chi connectivity index (χ3n) is 2.14. The number of ether oxygens (including phenoxy) is 1. The topological polar surface area (TPSA) is 45.0 Å². The van der Waals surface area contributed by atoms with Crippen molar-refractivity contribution in [2.75, 3.05) is 13.7 Å². The number of nitrogens with one attached hydrogen (secondary N) is 1. The zero-order valence-electron chi connectivity index (χ0n) is 9.21. The highest BCUT2D eigenvalue weighted by Crippen LogP contribution is 2.18. The molecule has 1 aromatic rings. The van der Waals surface area contributed by atoms with Gasteiger partial charge in [-0.3, -0.25) is 0 Å². The Bertz CT molecular complexity index is 355. The molecule has 0 aromatic heterocycles. The minimum absolute atomic E-state index is 0.591. The summed E-state index contributed by atoms with van der Waals surface area (Å²) in [5.41, 5.74) is 1.70. The second-order valence-electron chi connectivity index (χ2n) is 3.32. The van der Waals surface area contributed by atoms with Crippen molar-refractivity contribution in [1.82, 2.24) is 5.32 Å². The molecule has 0 amide bonds. The summed E-state index contributed by atoms with van der Waals surface area (Å²) in [6.07, 6.45) is 1.11. The van der Waals surface area contributed by atoms with E-state index in [1.165, 1.54) is 0 Å². The van der Waals surface area contributed by atoms with Crippen LogP contribution in [0.15, 0.2) is 18.2 Å². The summed E-state index contributed by atoms with van der Waals surface area (Å²) in [6.45, 7) is 3.92. The summed E-state index contributed by atoms with van der Waals surface area (Å²) >= 11 is 0. The van der Waals surface area contributed by atoms with E-state index in [1.54, 1.807) is 7.11 Å². The van der Waals surface area contributed by atoms with Crippen LogP contribution in [-0.4, -0.2) is 13.7 Å². The Hall–Kier alpha value is -1.53. The van der Waals surface area contributed by atoms with Crippen LogP contribution in [0.5, 0.6) is 5.75 Å². The van der Waals surface area contributed by atoms with Crippen molar-refractivity contribution in [3.63, 3.8) is 0 Å². The average molecular weight is 204 g/mol. The molecule has 0 saturated heterocycles. The predicted octanol–water partition coefficient (Wildman–Crippen LogP) is 2.07. The fourth-order valence-corrected chi connectivity index (χ4v) is 1.36. The third kappa shape index (κ3) is 3.26. The van der Waals surface area contributed by atoms with Crippen molar-refractivity contribution in [3.05, 3.63) is 29.3 Å². The summed E-state index contributed by atoms with van der Waals surface area (Å²) in [7, 11) is 1.57. The zero-order valence-corrected chi connectivity index (χ0v) is 9.21. The van der Waals surface area contributed by atoms with Gasteiger partial charge in [0.1, 0.15) is 11.8 Å². The number of hydrogen-bond donors (Lipinski definition) is 1. The monoisotopic (exact) mass is 204 g/mol. The van der Waals surface area contributed by atoms with E-state index in [9.17, 15) is 0 Å². The first-order chi connectivity index (χ1) is 7.31. The lowest BCUT2D eigenvalue weighted by molar-refractivity contribution is 0.413. The van der Waals surface area contributed by atoms with Gasteiger partial charge in [0, 0.05) is 6.54 Å². The normalized spacial score (nSPS) is 9.67. The summed E-state index contributed by atoms with van der Waals surface area (Å²) in [6, 6.07) is 7.80. The molecule has 0 bridgehead atoms. The van der Waals surface area contributed by atoms with Gasteiger partial charge in [0.05, 0.1) is 12.7 Å². The number of benzene rings is 1. The van der Waals surface area contributed by atoms with Gasteiger partial charge in [-0.15, -0.1) is 0 Å². The van der Waals surface area contributed by atoms with Gasteiger partial charge in [-0.05, 0) is 30.7 Å². The van der Waals surface area contributed by atoms with Crippen molar-refractivity contribution in [3.8, 4) is 11.8 Å². The first kappa shape index (κ1) is 11.5. The van der Waals surface area contributed by atoms with Gasteiger partial charge >= 0.3 is 0 Å². The number of rotatable bonds is 5. The predicted molar refractivity (Wildman–Crippen MR) is 59.7 cm³/mol. The maximum absolute atomic E-state index is 8.90. The summed E-state index contributed by atoms with van der Waals surface area (Å²) in [4.78, 5) is 0. The zero-order chi connectivity index (χ0) is 11.1. The first-order valence-electron chi connectivity index (χ1n) is 5.09. The molecule has 15 heavy (non-hydrogen) atoms. The summed E-state index contributed by atoms with van der Waals surface area (Å²) in [5.74, 6) is 0.636. The third-order valence-corrected chi connectivity index (χ3v) is 2.14. The Morgan fingerprint density at radius 2 is 2.27 bits per heavy atom. The molecule has 0 spiro atoms. The van der Waals surface area contributed by atoms with Crippen LogP contribution in [-0.2, 0) is 6.54 Å². The summed E-state index contributed by atoms with van der Waals surface area (Å²) < 4.78 is 5.07. The molecule has 0 aliphatic carbocycles. The fourth-order valence-electron chi connectivity index (χ4n) is 1.36. The number of nitriles is 1. The Kier molecular flexibility index (Phi) is 4.65. The number of methoxy groups -OCH3 is 1. The molecule has 0 heterocycles. The highest BCUT2D eigenvalue weighted by molar-refractivity contribution is 5.45. The minimum Gasteiger partial charge on any atom is -0.495 e. The lowest BCUT2D eigenvalue weighted by Gasteiger charge is -2.06. The van der Waals surface area contributed by atoms with Crippen LogP contribution in [0.25, 0.3) is 0 Å². The van der Waals surface area contributed by atoms with Crippen molar-refractivity contribution < 1.29 is 4.74 Å². The maximum atomic E-state index is 8.90. The molecule has 0 atom stereocenters. The van der Waals surface area contributed by atoms with Crippen LogP contribution in [0.2, 0.25) is 0 Å². The van der Waals surface area contributed by atoms with Gasteiger partial charge < -0.3 is 10.1 Å². The second-order valence-corrected chi connectivity index (χ2v) is 3.32. The number of nitrogens with zero attached hydrogens (tertiary/aromatic N) is 1. The Morgan fingerprint density at radius 3 is 2.87 bits per heavy atom. The largest absolute Gasteiger partial charge is 0.495 e. The summed E-state index contributed by atoms with van der Waals surface area (Å²) in [5, 5.41) is 12.2. The Balaban J connectivity index is 2.71. The lowest BCUT2D eigenvalue weighted by Crippen LogP contribution is -2.13. The molecule has 0 aliphatic rings. The quantitative estimate of drug-likeness (QED) is 0.747. The van der Waals surface area contributed by atoms with E-state index in [0.717, 1.165) is 25.1 Å². The smallest absolute Gasteiger partial charge is 0.136 e. The van der Waals surface area contributed by atoms with E-state index in [0.29, 0.717) is 11.3 Å². The standard InChI is InChI=1S/C12H16N2O/c1-3-6-14-9-10-4-5-12(15-2)11(7-10)8-13/h4-5,7,14H,3,6,9H2,1-2H3. The van der Waals surface area contributed by atoms with Crippen molar-refractivity contribution in [1.29, 1.82) is 5.26 Å². The molecule has 80 valence electrons. The van der Waals surface area contributed by atoms with E-state index in [1.807, 2.05) is 18.2 Å². The molecular weight excluding hydrogens is 188 g/mol. The van der Waals surface area contributed by atoms with E-state index >= 15 is 0 Å². The molecule has 0 aliphatic heterocycles. The fraction of sp³-hybridized carbons (Fsp3) is 0.417. The minimum atomic E-state index is 0.591. The van der Waals surface area contributed by atoms with Crippen molar-refractivity contribution in [2.24, 2.45) is 0 Å². The van der Waals surface area contributed by atoms with Crippen LogP contribution in [0.4, 0.5) is 0 Å². The molecule has 0 unspecified atom stereocenters. The first-order valence-corrected chi connectivity index (χ1v) is 5.09. The molecule has 1 N–H and O–H groups in total. The van der Waals surface area contributed by atoms with Crippen molar-refractivity contribution in [2.45, 2.75) is 19.9 Å². The molecule has 0 fully saturated rings. The van der Waals surface area contributed by atoms with Crippen LogP contribution in [0.3, 0.4) is 0 Å². The van der Waals surface area contributed by atoms with Crippen LogP contribution < -0.4 is 10.1 Å². The molecule has 1 aromatic carbocycles. The molecular formula is C12H16N2O. The average Bonchev–Trinajstić information content (AvgIpc) is 2.29. The highest BCUT2D eigenvalue weighted by Gasteiger charge is 2.02. The van der Waals surface area contributed by atoms with E-state index in [4.69, 9.17) is 10.00 Å². The maximum Gasteiger partial charge on any atom is 0.136 e. The van der Waals surface area contributed by atoms with Crippen LogP contribution in [0.1, 0.15) is 24.5 Å². The van der Waals surface area contributed by atoms with Gasteiger partial charge in [-0.1, -0.05) is 13.0 Å². The van der Waals surface area contributed by atoms with Gasteiger partial charge in [0.2, 0.25) is 0 Å². The van der Waals surface area contributed by atoms with E-state index < -0.39 is 0 Å².